The maximum absolute atomic E-state index is 12.3. The molecule has 0 bridgehead atoms. The average Bonchev–Trinajstić information content (AvgIpc) is 2.55. The fourth-order valence-electron chi connectivity index (χ4n) is 3.44. The Hall–Kier alpha value is -1.02. The molecule has 1 aliphatic rings. The van der Waals surface area contributed by atoms with E-state index in [0.29, 0.717) is 0 Å². The Morgan fingerprint density at radius 2 is 1.72 bits per heavy atom. The molecule has 1 fully saturated rings. The zero-order valence-corrected chi connectivity index (χ0v) is 16.4. The molecule has 0 unspecified atom stereocenters. The SMILES string of the molecule is CCCCC[C@H]1CC[Si@H](c2ccc(OS(=O)(=O)C(F)(F)F)cc2)CC1. The molecule has 2 rings (SSSR count). The van der Waals surface area contributed by atoms with E-state index in [9.17, 15) is 21.6 Å². The van der Waals surface area contributed by atoms with Crippen molar-refractivity contribution in [2.45, 2.75) is 63.0 Å². The minimum absolute atomic E-state index is 0.289. The first-order valence-electron chi connectivity index (χ1n) is 8.83. The van der Waals surface area contributed by atoms with E-state index < -0.39 is 24.4 Å². The van der Waals surface area contributed by atoms with Gasteiger partial charge in [0.05, 0.1) is 8.80 Å². The van der Waals surface area contributed by atoms with Crippen molar-refractivity contribution in [3.8, 4) is 5.75 Å². The van der Waals surface area contributed by atoms with Crippen LogP contribution in [0.2, 0.25) is 12.1 Å². The van der Waals surface area contributed by atoms with Crippen LogP contribution in [0.1, 0.15) is 45.4 Å². The highest BCUT2D eigenvalue weighted by atomic mass is 32.2. The molecule has 0 atom stereocenters. The third kappa shape index (κ3) is 5.74. The maximum Gasteiger partial charge on any atom is 0.534 e. The average molecular weight is 395 g/mol. The molecule has 1 saturated heterocycles. The number of alkyl halides is 3. The minimum atomic E-state index is -5.60. The lowest BCUT2D eigenvalue weighted by Gasteiger charge is -2.28. The zero-order chi connectivity index (χ0) is 18.5. The van der Waals surface area contributed by atoms with Crippen LogP contribution < -0.4 is 9.37 Å². The Labute approximate surface area is 149 Å². The Bertz CT molecular complexity index is 636. The summed E-state index contributed by atoms with van der Waals surface area (Å²) >= 11 is 0. The summed E-state index contributed by atoms with van der Waals surface area (Å²) < 4.78 is 63.2. The Balaban J connectivity index is 1.89. The van der Waals surface area contributed by atoms with Gasteiger partial charge in [0.25, 0.3) is 0 Å². The molecule has 0 aromatic heterocycles. The monoisotopic (exact) mass is 394 g/mol. The molecule has 3 nitrogen and oxygen atoms in total. The van der Waals surface area contributed by atoms with Gasteiger partial charge in [-0.2, -0.15) is 21.6 Å². The van der Waals surface area contributed by atoms with Crippen molar-refractivity contribution in [3.63, 3.8) is 0 Å². The molecular formula is C17H25F3O3SSi. The van der Waals surface area contributed by atoms with Crippen LogP contribution in [0.5, 0.6) is 5.75 Å². The van der Waals surface area contributed by atoms with Gasteiger partial charge < -0.3 is 4.18 Å². The van der Waals surface area contributed by atoms with E-state index in [0.717, 1.165) is 5.92 Å². The molecule has 1 aliphatic heterocycles. The molecule has 8 heteroatoms. The van der Waals surface area contributed by atoms with Gasteiger partial charge in [-0.05, 0) is 18.1 Å². The predicted molar refractivity (Wildman–Crippen MR) is 95.3 cm³/mol. The minimum Gasteiger partial charge on any atom is -0.376 e. The van der Waals surface area contributed by atoms with Crippen molar-refractivity contribution < 1.29 is 25.8 Å². The summed E-state index contributed by atoms with van der Waals surface area (Å²) in [6, 6.07) is 8.54. The second-order valence-electron chi connectivity index (χ2n) is 6.77. The molecular weight excluding hydrogens is 369 g/mol. The lowest BCUT2D eigenvalue weighted by molar-refractivity contribution is -0.0500. The zero-order valence-electron chi connectivity index (χ0n) is 14.4. The van der Waals surface area contributed by atoms with E-state index in [1.807, 2.05) is 0 Å². The molecule has 1 aromatic rings. The van der Waals surface area contributed by atoms with Gasteiger partial charge in [0.2, 0.25) is 0 Å². The third-order valence-corrected chi connectivity index (χ3v) is 9.27. The van der Waals surface area contributed by atoms with Gasteiger partial charge in [-0.1, -0.05) is 74.9 Å². The van der Waals surface area contributed by atoms with Gasteiger partial charge in [0.15, 0.2) is 0 Å². The second-order valence-corrected chi connectivity index (χ2v) is 11.5. The fourth-order valence-corrected chi connectivity index (χ4v) is 7.34. The Morgan fingerprint density at radius 1 is 1.12 bits per heavy atom. The summed E-state index contributed by atoms with van der Waals surface area (Å²) in [4.78, 5) is 0. The molecule has 0 spiro atoms. The molecule has 0 aliphatic carbocycles. The van der Waals surface area contributed by atoms with E-state index in [2.05, 4.69) is 11.1 Å². The number of hydrogen-bond acceptors (Lipinski definition) is 3. The summed E-state index contributed by atoms with van der Waals surface area (Å²) in [5.74, 6) is 0.526. The highest BCUT2D eigenvalue weighted by Gasteiger charge is 2.48. The number of hydrogen-bond donors (Lipinski definition) is 0. The molecule has 0 saturated carbocycles. The summed E-state index contributed by atoms with van der Waals surface area (Å²) in [7, 11) is -6.69. The van der Waals surface area contributed by atoms with E-state index >= 15 is 0 Å². The normalized spacial score (nSPS) is 21.9. The molecule has 142 valence electrons. The van der Waals surface area contributed by atoms with Crippen LogP contribution in [-0.2, 0) is 10.1 Å². The molecule has 0 N–H and O–H groups in total. The van der Waals surface area contributed by atoms with Crippen LogP contribution in [-0.4, -0.2) is 22.7 Å². The largest absolute Gasteiger partial charge is 0.534 e. The van der Waals surface area contributed by atoms with Crippen molar-refractivity contribution in [2.24, 2.45) is 5.92 Å². The Kier molecular flexibility index (Phi) is 6.96. The Morgan fingerprint density at radius 3 is 2.24 bits per heavy atom. The van der Waals surface area contributed by atoms with Gasteiger partial charge in [-0.25, -0.2) is 0 Å². The van der Waals surface area contributed by atoms with Crippen molar-refractivity contribution >= 4 is 24.1 Å². The fraction of sp³-hybridized carbons (Fsp3) is 0.647. The topological polar surface area (TPSA) is 43.4 Å². The second kappa shape index (κ2) is 8.57. The van der Waals surface area contributed by atoms with E-state index in [1.54, 1.807) is 12.1 Å². The van der Waals surface area contributed by atoms with E-state index in [4.69, 9.17) is 0 Å². The highest BCUT2D eigenvalue weighted by Crippen LogP contribution is 2.30. The first-order valence-corrected chi connectivity index (χ1v) is 12.5. The van der Waals surface area contributed by atoms with Gasteiger partial charge in [-0.3, -0.25) is 0 Å². The lowest BCUT2D eigenvalue weighted by Crippen LogP contribution is -2.34. The van der Waals surface area contributed by atoms with Crippen molar-refractivity contribution in [2.75, 3.05) is 0 Å². The molecule has 0 radical (unpaired) electrons. The lowest BCUT2D eigenvalue weighted by atomic mass is 9.96. The first-order chi connectivity index (χ1) is 11.7. The van der Waals surface area contributed by atoms with E-state index in [1.165, 1.54) is 67.9 Å². The number of rotatable bonds is 7. The standard InChI is InChI=1S/C17H25F3O3SSi/c1-2-3-4-5-14-10-12-25(13-11-14)16-8-6-15(7-9-16)23-24(21,22)17(18,19)20/h6-9,14,25H,2-5,10-13H2,1H3/t14-,25-. The maximum atomic E-state index is 12.3. The third-order valence-electron chi connectivity index (χ3n) is 4.90. The van der Waals surface area contributed by atoms with Gasteiger partial charge >= 0.3 is 15.6 Å². The summed E-state index contributed by atoms with van der Waals surface area (Å²) in [6.07, 6.45) is 7.61. The van der Waals surface area contributed by atoms with Crippen LogP contribution in [0.4, 0.5) is 13.2 Å². The molecule has 0 amide bonds. The van der Waals surface area contributed by atoms with Gasteiger partial charge in [0, 0.05) is 0 Å². The molecule has 1 aromatic carbocycles. The summed E-state index contributed by atoms with van der Waals surface area (Å²) in [6.45, 7) is 2.21. The van der Waals surface area contributed by atoms with Crippen molar-refractivity contribution in [3.05, 3.63) is 24.3 Å². The van der Waals surface area contributed by atoms with Gasteiger partial charge in [-0.15, -0.1) is 0 Å². The van der Waals surface area contributed by atoms with E-state index in [-0.39, 0.29) is 5.75 Å². The number of halogens is 3. The number of unbranched alkanes of at least 4 members (excludes halogenated alkanes) is 2. The van der Waals surface area contributed by atoms with Crippen molar-refractivity contribution in [1.29, 1.82) is 0 Å². The van der Waals surface area contributed by atoms with Crippen LogP contribution in [0, 0.1) is 5.92 Å². The van der Waals surface area contributed by atoms with Gasteiger partial charge in [0.1, 0.15) is 5.75 Å². The highest BCUT2D eigenvalue weighted by molar-refractivity contribution is 7.88. The first kappa shape index (κ1) is 20.3. The smallest absolute Gasteiger partial charge is 0.376 e. The predicted octanol–water partition coefficient (Wildman–Crippen LogP) is 4.34. The summed E-state index contributed by atoms with van der Waals surface area (Å²) in [5, 5.41) is 1.17. The van der Waals surface area contributed by atoms with Crippen LogP contribution in [0.15, 0.2) is 24.3 Å². The quantitative estimate of drug-likeness (QED) is 0.299. The number of benzene rings is 1. The summed E-state index contributed by atoms with van der Waals surface area (Å²) in [5.41, 5.74) is -5.41. The van der Waals surface area contributed by atoms with Crippen molar-refractivity contribution in [1.82, 2.24) is 0 Å². The molecule has 25 heavy (non-hydrogen) atoms. The van der Waals surface area contributed by atoms with Crippen LogP contribution in [0.25, 0.3) is 0 Å². The van der Waals surface area contributed by atoms with Crippen LogP contribution in [0.3, 0.4) is 0 Å². The molecule has 1 heterocycles. The van der Waals surface area contributed by atoms with Crippen LogP contribution >= 0.6 is 0 Å².